The summed E-state index contributed by atoms with van der Waals surface area (Å²) in [6.45, 7) is 0.476. The van der Waals surface area contributed by atoms with Gasteiger partial charge in [0.1, 0.15) is 18.2 Å². The number of ether oxygens (including phenoxy) is 1. The second kappa shape index (κ2) is 6.43. The zero-order valence-corrected chi connectivity index (χ0v) is 10.9. The van der Waals surface area contributed by atoms with Crippen LogP contribution in [0.4, 0.5) is 13.2 Å². The molecule has 20 heavy (non-hydrogen) atoms. The molecular weight excluding hydrogens is 267 g/mol. The van der Waals surface area contributed by atoms with E-state index in [0.717, 1.165) is 17.7 Å². The number of rotatable bonds is 5. The summed E-state index contributed by atoms with van der Waals surface area (Å²) in [6, 6.07) is 7.64. The molecule has 0 spiro atoms. The SMILES string of the molecule is CNCc1ccc(F)c(COc2ccc(F)cc2F)c1. The number of hydrogen-bond acceptors (Lipinski definition) is 2. The zero-order valence-electron chi connectivity index (χ0n) is 10.9. The van der Waals surface area contributed by atoms with Crippen molar-refractivity contribution in [2.24, 2.45) is 0 Å². The predicted molar refractivity (Wildman–Crippen MR) is 69.9 cm³/mol. The second-order valence-corrected chi connectivity index (χ2v) is 4.32. The average Bonchev–Trinajstić information content (AvgIpc) is 2.41. The average molecular weight is 281 g/mol. The van der Waals surface area contributed by atoms with Crippen LogP contribution in [-0.2, 0) is 13.2 Å². The van der Waals surface area contributed by atoms with Crippen LogP contribution >= 0.6 is 0 Å². The van der Waals surface area contributed by atoms with Gasteiger partial charge in [-0.3, -0.25) is 0 Å². The van der Waals surface area contributed by atoms with Crippen molar-refractivity contribution in [3.8, 4) is 5.75 Å². The molecule has 0 heterocycles. The number of halogens is 3. The summed E-state index contributed by atoms with van der Waals surface area (Å²) in [5.41, 5.74) is 1.22. The Bertz CT molecular complexity index is 602. The molecule has 0 amide bonds. The number of hydrogen-bond donors (Lipinski definition) is 1. The van der Waals surface area contributed by atoms with Gasteiger partial charge in [0.25, 0.3) is 0 Å². The van der Waals surface area contributed by atoms with Crippen LogP contribution in [-0.4, -0.2) is 7.05 Å². The van der Waals surface area contributed by atoms with Crippen molar-refractivity contribution in [1.82, 2.24) is 5.32 Å². The minimum absolute atomic E-state index is 0.107. The molecule has 0 fully saturated rings. The first-order valence-electron chi connectivity index (χ1n) is 6.10. The van der Waals surface area contributed by atoms with Crippen LogP contribution in [0.2, 0.25) is 0 Å². The van der Waals surface area contributed by atoms with Crippen LogP contribution in [0, 0.1) is 17.5 Å². The summed E-state index contributed by atoms with van der Waals surface area (Å²) in [7, 11) is 1.79. The molecule has 2 nitrogen and oxygen atoms in total. The maximum Gasteiger partial charge on any atom is 0.167 e. The number of benzene rings is 2. The van der Waals surface area contributed by atoms with E-state index in [1.54, 1.807) is 19.2 Å². The molecule has 2 aromatic carbocycles. The number of nitrogens with one attached hydrogen (secondary N) is 1. The van der Waals surface area contributed by atoms with Crippen LogP contribution < -0.4 is 10.1 Å². The molecule has 2 rings (SSSR count). The highest BCUT2D eigenvalue weighted by molar-refractivity contribution is 5.27. The maximum absolute atomic E-state index is 13.6. The van der Waals surface area contributed by atoms with Crippen molar-refractivity contribution in [1.29, 1.82) is 0 Å². The third-order valence-corrected chi connectivity index (χ3v) is 2.77. The smallest absolute Gasteiger partial charge is 0.167 e. The molecule has 106 valence electrons. The summed E-state index contributed by atoms with van der Waals surface area (Å²) in [5.74, 6) is -2.02. The van der Waals surface area contributed by atoms with Gasteiger partial charge in [-0.2, -0.15) is 0 Å². The van der Waals surface area contributed by atoms with Gasteiger partial charge < -0.3 is 10.1 Å². The van der Waals surface area contributed by atoms with Gasteiger partial charge in [-0.05, 0) is 36.9 Å². The molecule has 1 N–H and O–H groups in total. The Morgan fingerprint density at radius 3 is 2.50 bits per heavy atom. The third kappa shape index (κ3) is 3.51. The topological polar surface area (TPSA) is 21.3 Å². The molecule has 5 heteroatoms. The first-order valence-corrected chi connectivity index (χ1v) is 6.10. The van der Waals surface area contributed by atoms with Crippen molar-refractivity contribution in [2.75, 3.05) is 7.05 Å². The van der Waals surface area contributed by atoms with E-state index < -0.39 is 17.5 Å². The van der Waals surface area contributed by atoms with E-state index >= 15 is 0 Å². The standard InChI is InChI=1S/C15H14F3NO/c1-19-8-10-2-4-13(17)11(6-10)9-20-15-5-3-12(16)7-14(15)18/h2-7,19H,8-9H2,1H3. The Morgan fingerprint density at radius 1 is 1.00 bits per heavy atom. The summed E-state index contributed by atoms with van der Waals surface area (Å²) in [5, 5.41) is 2.95. The molecule has 0 aliphatic carbocycles. The monoisotopic (exact) mass is 281 g/mol. The predicted octanol–water partition coefficient (Wildman–Crippen LogP) is 3.40. The Labute approximate surface area is 115 Å². The lowest BCUT2D eigenvalue weighted by atomic mass is 10.1. The highest BCUT2D eigenvalue weighted by Crippen LogP contribution is 2.20. The fraction of sp³-hybridized carbons (Fsp3) is 0.200. The van der Waals surface area contributed by atoms with E-state index in [1.165, 1.54) is 12.1 Å². The zero-order chi connectivity index (χ0) is 14.5. The Balaban J connectivity index is 2.11. The molecule has 0 aliphatic heterocycles. The summed E-state index contributed by atoms with van der Waals surface area (Å²) < 4.78 is 44.9. The largest absolute Gasteiger partial charge is 0.486 e. The van der Waals surface area contributed by atoms with Crippen LogP contribution in [0.5, 0.6) is 5.75 Å². The highest BCUT2D eigenvalue weighted by Gasteiger charge is 2.08. The van der Waals surface area contributed by atoms with Crippen LogP contribution in [0.25, 0.3) is 0 Å². The Morgan fingerprint density at radius 2 is 1.80 bits per heavy atom. The first kappa shape index (κ1) is 14.4. The van der Waals surface area contributed by atoms with Gasteiger partial charge in [0.05, 0.1) is 0 Å². The van der Waals surface area contributed by atoms with E-state index in [2.05, 4.69) is 5.32 Å². The van der Waals surface area contributed by atoms with E-state index in [-0.39, 0.29) is 12.4 Å². The van der Waals surface area contributed by atoms with E-state index in [1.807, 2.05) is 0 Å². The van der Waals surface area contributed by atoms with E-state index in [4.69, 9.17) is 4.74 Å². The van der Waals surface area contributed by atoms with Crippen molar-refractivity contribution < 1.29 is 17.9 Å². The van der Waals surface area contributed by atoms with Crippen molar-refractivity contribution in [3.05, 3.63) is 65.0 Å². The molecule has 0 saturated heterocycles. The summed E-state index contributed by atoms with van der Waals surface area (Å²) in [4.78, 5) is 0. The molecule has 0 saturated carbocycles. The van der Waals surface area contributed by atoms with Crippen molar-refractivity contribution in [3.63, 3.8) is 0 Å². The second-order valence-electron chi connectivity index (χ2n) is 4.32. The lowest BCUT2D eigenvalue weighted by Crippen LogP contribution is -2.07. The fourth-order valence-corrected chi connectivity index (χ4v) is 1.80. The fourth-order valence-electron chi connectivity index (χ4n) is 1.80. The minimum atomic E-state index is -0.809. The highest BCUT2D eigenvalue weighted by atomic mass is 19.1. The van der Waals surface area contributed by atoms with Crippen molar-refractivity contribution in [2.45, 2.75) is 13.2 Å². The Kier molecular flexibility index (Phi) is 4.63. The minimum Gasteiger partial charge on any atom is -0.486 e. The van der Waals surface area contributed by atoms with Gasteiger partial charge >= 0.3 is 0 Å². The molecule has 0 bridgehead atoms. The van der Waals surface area contributed by atoms with Gasteiger partial charge in [0.15, 0.2) is 11.6 Å². The van der Waals surface area contributed by atoms with Crippen LogP contribution in [0.3, 0.4) is 0 Å². The molecular formula is C15H14F3NO. The van der Waals surface area contributed by atoms with Gasteiger partial charge in [-0.1, -0.05) is 6.07 Å². The molecule has 0 radical (unpaired) electrons. The van der Waals surface area contributed by atoms with Crippen LogP contribution in [0.15, 0.2) is 36.4 Å². The molecule has 0 aromatic heterocycles. The normalized spacial score (nSPS) is 10.6. The van der Waals surface area contributed by atoms with Gasteiger partial charge in [-0.25, -0.2) is 13.2 Å². The van der Waals surface area contributed by atoms with Gasteiger partial charge in [0.2, 0.25) is 0 Å². The molecule has 0 aliphatic rings. The first-order chi connectivity index (χ1) is 9.60. The van der Waals surface area contributed by atoms with Gasteiger partial charge in [0, 0.05) is 18.2 Å². The van der Waals surface area contributed by atoms with Crippen LogP contribution in [0.1, 0.15) is 11.1 Å². The quantitative estimate of drug-likeness (QED) is 0.907. The summed E-state index contributed by atoms with van der Waals surface area (Å²) >= 11 is 0. The van der Waals surface area contributed by atoms with E-state index in [0.29, 0.717) is 12.1 Å². The Hall–Kier alpha value is -2.01. The molecule has 2 aromatic rings. The molecule has 0 unspecified atom stereocenters. The van der Waals surface area contributed by atoms with Crippen molar-refractivity contribution >= 4 is 0 Å². The maximum atomic E-state index is 13.6. The third-order valence-electron chi connectivity index (χ3n) is 2.77. The van der Waals surface area contributed by atoms with E-state index in [9.17, 15) is 13.2 Å². The lowest BCUT2D eigenvalue weighted by molar-refractivity contribution is 0.283. The lowest BCUT2D eigenvalue weighted by Gasteiger charge is -2.10. The van der Waals surface area contributed by atoms with Gasteiger partial charge in [-0.15, -0.1) is 0 Å². The summed E-state index contributed by atoms with van der Waals surface area (Å²) in [6.07, 6.45) is 0. The molecule has 0 atom stereocenters.